The number of piperidine rings is 1. The minimum absolute atomic E-state index is 0.0245. The van der Waals surface area contributed by atoms with E-state index in [9.17, 15) is 9.18 Å². The molecule has 1 atom stereocenters. The van der Waals surface area contributed by atoms with Crippen molar-refractivity contribution >= 4 is 17.7 Å². The first-order valence-electron chi connectivity index (χ1n) is 10.6. The monoisotopic (exact) mass is 418 g/mol. The quantitative estimate of drug-likeness (QED) is 0.632. The average Bonchev–Trinajstić information content (AvgIpc) is 3.22. The fraction of sp³-hybridized carbons (Fsp3) is 0.280. The lowest BCUT2D eigenvalue weighted by atomic mass is 9.97. The predicted molar refractivity (Wildman–Crippen MR) is 122 cm³/mol. The van der Waals surface area contributed by atoms with Gasteiger partial charge >= 0.3 is 0 Å². The molecule has 31 heavy (non-hydrogen) atoms. The summed E-state index contributed by atoms with van der Waals surface area (Å²) in [4.78, 5) is 19.3. The van der Waals surface area contributed by atoms with Gasteiger partial charge in [-0.15, -0.1) is 0 Å². The van der Waals surface area contributed by atoms with Crippen LogP contribution in [-0.2, 0) is 4.79 Å². The third-order valence-electron chi connectivity index (χ3n) is 5.66. The first-order chi connectivity index (χ1) is 15.1. The Kier molecular flexibility index (Phi) is 6.57. The number of aryl methyl sites for hydroxylation is 1. The Morgan fingerprint density at radius 2 is 1.97 bits per heavy atom. The Morgan fingerprint density at radius 1 is 1.19 bits per heavy atom. The number of likely N-dealkylation sites (tertiary alicyclic amines) is 1. The van der Waals surface area contributed by atoms with Crippen LogP contribution in [0.3, 0.4) is 0 Å². The number of halogens is 1. The number of amides is 1. The van der Waals surface area contributed by atoms with E-state index in [-0.39, 0.29) is 17.6 Å². The molecule has 5 nitrogen and oxygen atoms in total. The lowest BCUT2D eigenvalue weighted by Gasteiger charge is -2.31. The maximum absolute atomic E-state index is 13.0. The molecule has 1 aliphatic rings. The third-order valence-corrected chi connectivity index (χ3v) is 5.66. The molecule has 1 aromatic heterocycles. The summed E-state index contributed by atoms with van der Waals surface area (Å²) < 4.78 is 15.0. The van der Waals surface area contributed by atoms with Crippen LogP contribution in [0.15, 0.2) is 67.0 Å². The van der Waals surface area contributed by atoms with Crippen molar-refractivity contribution < 1.29 is 9.18 Å². The third kappa shape index (κ3) is 5.47. The van der Waals surface area contributed by atoms with Crippen molar-refractivity contribution in [2.45, 2.75) is 19.8 Å². The molecule has 6 heteroatoms. The summed E-state index contributed by atoms with van der Waals surface area (Å²) in [5.41, 5.74) is 2.80. The SMILES string of the molecule is Cc1nccn1-c1ccc(NC(=O)C2CCCN(CC=Cc3ccc(F)cc3)C2)cc1. The van der Waals surface area contributed by atoms with E-state index in [1.807, 2.05) is 48.0 Å². The highest BCUT2D eigenvalue weighted by molar-refractivity contribution is 5.92. The molecule has 0 saturated carbocycles. The lowest BCUT2D eigenvalue weighted by Crippen LogP contribution is -2.40. The molecule has 0 aliphatic carbocycles. The van der Waals surface area contributed by atoms with Crippen molar-refractivity contribution in [3.8, 4) is 5.69 Å². The van der Waals surface area contributed by atoms with Gasteiger partial charge in [-0.1, -0.05) is 24.3 Å². The van der Waals surface area contributed by atoms with Gasteiger partial charge in [0.2, 0.25) is 5.91 Å². The number of nitrogens with zero attached hydrogens (tertiary/aromatic N) is 3. The molecule has 1 fully saturated rings. The molecule has 0 spiro atoms. The second-order valence-corrected chi connectivity index (χ2v) is 7.93. The molecule has 3 aromatic rings. The molecule has 1 amide bonds. The van der Waals surface area contributed by atoms with Crippen molar-refractivity contribution in [3.63, 3.8) is 0 Å². The van der Waals surface area contributed by atoms with E-state index in [4.69, 9.17) is 0 Å². The van der Waals surface area contributed by atoms with Gasteiger partial charge in [0, 0.05) is 36.9 Å². The van der Waals surface area contributed by atoms with Gasteiger partial charge in [0.15, 0.2) is 0 Å². The summed E-state index contributed by atoms with van der Waals surface area (Å²) in [6.07, 6.45) is 9.66. The number of carbonyl (C=O) groups excluding carboxylic acids is 1. The average molecular weight is 419 g/mol. The number of aromatic nitrogens is 2. The Bertz CT molecular complexity index is 1040. The van der Waals surface area contributed by atoms with E-state index in [1.54, 1.807) is 18.3 Å². The summed E-state index contributed by atoms with van der Waals surface area (Å²) in [5, 5.41) is 3.06. The molecule has 1 saturated heterocycles. The summed E-state index contributed by atoms with van der Waals surface area (Å²) in [5.74, 6) is 0.739. The van der Waals surface area contributed by atoms with Crippen LogP contribution in [0.2, 0.25) is 0 Å². The van der Waals surface area contributed by atoms with E-state index < -0.39 is 0 Å². The molecular weight excluding hydrogens is 391 g/mol. The van der Waals surface area contributed by atoms with Crippen molar-refractivity contribution in [2.24, 2.45) is 5.92 Å². The Morgan fingerprint density at radius 3 is 2.68 bits per heavy atom. The van der Waals surface area contributed by atoms with Gasteiger partial charge in [0.1, 0.15) is 11.6 Å². The highest BCUT2D eigenvalue weighted by Gasteiger charge is 2.25. The summed E-state index contributed by atoms with van der Waals surface area (Å²) in [7, 11) is 0. The standard InChI is InChI=1S/C25H27FN4O/c1-19-27-14-17-30(19)24-12-10-23(11-13-24)28-25(31)21-5-3-16-29(18-21)15-2-4-20-6-8-22(26)9-7-20/h2,4,6-14,17,21H,3,5,15-16,18H2,1H3,(H,28,31). The number of nitrogens with one attached hydrogen (secondary N) is 1. The van der Waals surface area contributed by atoms with Crippen LogP contribution in [0.4, 0.5) is 10.1 Å². The molecular formula is C25H27FN4O. The van der Waals surface area contributed by atoms with Gasteiger partial charge in [-0.2, -0.15) is 0 Å². The van der Waals surface area contributed by atoms with Crippen molar-refractivity contribution in [1.82, 2.24) is 14.5 Å². The van der Waals surface area contributed by atoms with Crippen LogP contribution in [-0.4, -0.2) is 40.0 Å². The fourth-order valence-corrected chi connectivity index (χ4v) is 3.95. The fourth-order valence-electron chi connectivity index (χ4n) is 3.95. The van der Waals surface area contributed by atoms with Gasteiger partial charge in [-0.3, -0.25) is 9.69 Å². The zero-order chi connectivity index (χ0) is 21.6. The van der Waals surface area contributed by atoms with E-state index in [1.165, 1.54) is 12.1 Å². The van der Waals surface area contributed by atoms with Crippen molar-refractivity contribution in [3.05, 3.63) is 84.2 Å². The number of rotatable bonds is 6. The van der Waals surface area contributed by atoms with Crippen LogP contribution >= 0.6 is 0 Å². The second-order valence-electron chi connectivity index (χ2n) is 7.93. The summed E-state index contributed by atoms with van der Waals surface area (Å²) in [6.45, 7) is 4.46. The van der Waals surface area contributed by atoms with Gasteiger partial charge in [0.05, 0.1) is 5.92 Å². The minimum atomic E-state index is -0.228. The van der Waals surface area contributed by atoms with Crippen molar-refractivity contribution in [2.75, 3.05) is 25.0 Å². The molecule has 1 aliphatic heterocycles. The number of anilines is 1. The second kappa shape index (κ2) is 9.71. The van der Waals surface area contributed by atoms with Gasteiger partial charge < -0.3 is 9.88 Å². The van der Waals surface area contributed by atoms with Crippen LogP contribution in [0.5, 0.6) is 0 Å². The number of carbonyl (C=O) groups is 1. The van der Waals surface area contributed by atoms with Crippen LogP contribution in [0, 0.1) is 18.7 Å². The van der Waals surface area contributed by atoms with E-state index in [0.717, 1.165) is 55.2 Å². The zero-order valence-corrected chi connectivity index (χ0v) is 17.7. The predicted octanol–water partition coefficient (Wildman–Crippen LogP) is 4.68. The smallest absolute Gasteiger partial charge is 0.228 e. The lowest BCUT2D eigenvalue weighted by molar-refractivity contribution is -0.121. The van der Waals surface area contributed by atoms with Gasteiger partial charge in [0.25, 0.3) is 0 Å². The molecule has 160 valence electrons. The highest BCUT2D eigenvalue weighted by Crippen LogP contribution is 2.20. The first kappa shape index (κ1) is 21.0. The van der Waals surface area contributed by atoms with Crippen molar-refractivity contribution in [1.29, 1.82) is 0 Å². The van der Waals surface area contributed by atoms with Crippen LogP contribution in [0.1, 0.15) is 24.2 Å². The van der Waals surface area contributed by atoms with Gasteiger partial charge in [-0.25, -0.2) is 9.37 Å². The number of imidazole rings is 1. The molecule has 2 heterocycles. The Labute approximate surface area is 182 Å². The highest BCUT2D eigenvalue weighted by atomic mass is 19.1. The normalized spacial score (nSPS) is 17.2. The Balaban J connectivity index is 1.30. The molecule has 1 N–H and O–H groups in total. The zero-order valence-electron chi connectivity index (χ0n) is 17.7. The number of hydrogen-bond acceptors (Lipinski definition) is 3. The first-order valence-corrected chi connectivity index (χ1v) is 10.6. The molecule has 0 bridgehead atoms. The topological polar surface area (TPSA) is 50.2 Å². The maximum Gasteiger partial charge on any atom is 0.228 e. The van der Waals surface area contributed by atoms with E-state index in [2.05, 4.69) is 21.3 Å². The molecule has 4 rings (SSSR count). The molecule has 2 aromatic carbocycles. The maximum atomic E-state index is 13.0. The van der Waals surface area contributed by atoms with E-state index in [0.29, 0.717) is 0 Å². The van der Waals surface area contributed by atoms with Crippen LogP contribution < -0.4 is 5.32 Å². The molecule has 0 radical (unpaired) electrons. The van der Waals surface area contributed by atoms with Gasteiger partial charge in [-0.05, 0) is 68.3 Å². The summed E-state index contributed by atoms with van der Waals surface area (Å²) >= 11 is 0. The number of hydrogen-bond donors (Lipinski definition) is 1. The number of benzene rings is 2. The summed E-state index contributed by atoms with van der Waals surface area (Å²) in [6, 6.07) is 14.3. The molecule has 1 unspecified atom stereocenters. The Hall–Kier alpha value is -3.25. The minimum Gasteiger partial charge on any atom is -0.326 e. The van der Waals surface area contributed by atoms with Crippen LogP contribution in [0.25, 0.3) is 11.8 Å². The van der Waals surface area contributed by atoms with E-state index >= 15 is 0 Å². The largest absolute Gasteiger partial charge is 0.326 e.